The highest BCUT2D eigenvalue weighted by Crippen LogP contribution is 2.58. The number of benzene rings is 1. The minimum absolute atomic E-state index is 0.0658. The van der Waals surface area contributed by atoms with Crippen molar-refractivity contribution in [2.24, 2.45) is 5.41 Å². The Morgan fingerprint density at radius 3 is 2.21 bits per heavy atom. The molecule has 3 rings (SSSR count). The lowest BCUT2D eigenvalue weighted by Gasteiger charge is -2.36. The van der Waals surface area contributed by atoms with E-state index in [0.29, 0.717) is 12.8 Å². The van der Waals surface area contributed by atoms with Crippen LogP contribution in [0.15, 0.2) is 12.1 Å². The summed E-state index contributed by atoms with van der Waals surface area (Å²) >= 11 is 0. The van der Waals surface area contributed by atoms with Crippen molar-refractivity contribution in [3.05, 3.63) is 28.8 Å². The molecule has 0 radical (unpaired) electrons. The fourth-order valence-corrected chi connectivity index (χ4v) is 4.73. The fourth-order valence-electron chi connectivity index (χ4n) is 4.73. The Kier molecular flexibility index (Phi) is 3.85. The van der Waals surface area contributed by atoms with Crippen LogP contribution in [0, 0.1) is 5.41 Å². The summed E-state index contributed by atoms with van der Waals surface area (Å²) in [7, 11) is 4.32. The Morgan fingerprint density at radius 1 is 1.04 bits per heavy atom. The molecule has 5 heteroatoms. The first kappa shape index (κ1) is 16.8. The predicted molar refractivity (Wildman–Crippen MR) is 88.2 cm³/mol. The maximum atomic E-state index is 12.5. The molecule has 0 aromatic heterocycles. The molecular formula is C19H24O5. The van der Waals surface area contributed by atoms with Gasteiger partial charge in [-0.3, -0.25) is 9.59 Å². The summed E-state index contributed by atoms with van der Waals surface area (Å²) in [6.45, 7) is 4.36. The quantitative estimate of drug-likeness (QED) is 0.629. The Morgan fingerprint density at radius 2 is 1.67 bits per heavy atom. The van der Waals surface area contributed by atoms with E-state index in [9.17, 15) is 9.59 Å². The number of esters is 2. The van der Waals surface area contributed by atoms with Crippen LogP contribution in [-0.2, 0) is 30.9 Å². The number of carbonyl (C=O) groups is 2. The van der Waals surface area contributed by atoms with Crippen LogP contribution in [0.4, 0.5) is 0 Å². The number of hydrogen-bond donors (Lipinski definition) is 0. The van der Waals surface area contributed by atoms with Gasteiger partial charge >= 0.3 is 11.9 Å². The molecule has 0 fully saturated rings. The first-order chi connectivity index (χ1) is 11.3. The highest BCUT2D eigenvalue weighted by molar-refractivity contribution is 6.01. The van der Waals surface area contributed by atoms with Crippen molar-refractivity contribution in [3.63, 3.8) is 0 Å². The van der Waals surface area contributed by atoms with Crippen LogP contribution in [0.2, 0.25) is 0 Å². The van der Waals surface area contributed by atoms with Crippen LogP contribution in [-0.4, -0.2) is 33.3 Å². The van der Waals surface area contributed by atoms with Crippen LogP contribution < -0.4 is 4.74 Å². The van der Waals surface area contributed by atoms with Crippen molar-refractivity contribution in [1.29, 1.82) is 0 Å². The van der Waals surface area contributed by atoms with Crippen LogP contribution in [0.5, 0.6) is 5.75 Å². The zero-order valence-corrected chi connectivity index (χ0v) is 14.9. The Hall–Kier alpha value is -2.04. The molecule has 2 aliphatic rings. The summed E-state index contributed by atoms with van der Waals surface area (Å²) in [6.07, 6.45) is 1.60. The Bertz CT molecular complexity index is 688. The number of rotatable bonds is 3. The number of hydrogen-bond acceptors (Lipinski definition) is 5. The van der Waals surface area contributed by atoms with Gasteiger partial charge < -0.3 is 14.2 Å². The van der Waals surface area contributed by atoms with Crippen molar-refractivity contribution in [2.45, 2.75) is 44.4 Å². The van der Waals surface area contributed by atoms with E-state index in [0.717, 1.165) is 17.7 Å². The van der Waals surface area contributed by atoms with E-state index >= 15 is 0 Å². The van der Waals surface area contributed by atoms with Gasteiger partial charge in [-0.2, -0.15) is 0 Å². The average molecular weight is 332 g/mol. The third-order valence-corrected chi connectivity index (χ3v) is 5.60. The normalized spacial score (nSPS) is 22.5. The van der Waals surface area contributed by atoms with Gasteiger partial charge in [0.2, 0.25) is 0 Å². The second kappa shape index (κ2) is 5.50. The molecule has 0 heterocycles. The summed E-state index contributed by atoms with van der Waals surface area (Å²) < 4.78 is 15.5. The van der Waals surface area contributed by atoms with E-state index in [4.69, 9.17) is 14.2 Å². The van der Waals surface area contributed by atoms with E-state index in [1.165, 1.54) is 25.3 Å². The smallest absolute Gasteiger partial charge is 0.323 e. The van der Waals surface area contributed by atoms with E-state index in [2.05, 4.69) is 13.8 Å². The molecule has 0 spiro atoms. The number of ether oxygens (including phenoxy) is 3. The topological polar surface area (TPSA) is 61.8 Å². The second-order valence-electron chi connectivity index (χ2n) is 7.45. The molecule has 1 atom stereocenters. The molecule has 5 nitrogen and oxygen atoms in total. The van der Waals surface area contributed by atoms with Crippen LogP contribution in [0.1, 0.15) is 49.3 Å². The molecule has 0 aliphatic heterocycles. The van der Waals surface area contributed by atoms with Gasteiger partial charge in [0, 0.05) is 5.56 Å². The van der Waals surface area contributed by atoms with Crippen molar-refractivity contribution in [2.75, 3.05) is 21.3 Å². The van der Waals surface area contributed by atoms with Crippen LogP contribution in [0.25, 0.3) is 0 Å². The second-order valence-corrected chi connectivity index (χ2v) is 7.45. The molecular weight excluding hydrogens is 308 g/mol. The monoisotopic (exact) mass is 332 g/mol. The lowest BCUT2D eigenvalue weighted by molar-refractivity contribution is -0.170. The highest BCUT2D eigenvalue weighted by atomic mass is 16.5. The van der Waals surface area contributed by atoms with Crippen molar-refractivity contribution < 1.29 is 23.8 Å². The minimum Gasteiger partial charge on any atom is -0.496 e. The minimum atomic E-state index is -1.26. The van der Waals surface area contributed by atoms with Gasteiger partial charge in [-0.1, -0.05) is 19.9 Å². The van der Waals surface area contributed by atoms with Crippen molar-refractivity contribution in [1.82, 2.24) is 0 Å². The van der Waals surface area contributed by atoms with Gasteiger partial charge in [0.1, 0.15) is 5.75 Å². The molecule has 1 aromatic carbocycles. The molecule has 24 heavy (non-hydrogen) atoms. The van der Waals surface area contributed by atoms with Gasteiger partial charge in [0.05, 0.1) is 21.3 Å². The summed E-state index contributed by atoms with van der Waals surface area (Å²) in [6, 6.07) is 3.90. The molecule has 0 bridgehead atoms. The molecule has 0 saturated carbocycles. The van der Waals surface area contributed by atoms with E-state index in [1.54, 1.807) is 7.11 Å². The summed E-state index contributed by atoms with van der Waals surface area (Å²) in [4.78, 5) is 25.0. The van der Waals surface area contributed by atoms with Crippen molar-refractivity contribution in [3.8, 4) is 5.75 Å². The summed E-state index contributed by atoms with van der Waals surface area (Å²) in [5.74, 6) is -0.0268. The van der Waals surface area contributed by atoms with Gasteiger partial charge in [0.15, 0.2) is 5.41 Å². The van der Waals surface area contributed by atoms with E-state index in [1.807, 2.05) is 12.1 Å². The van der Waals surface area contributed by atoms with Crippen molar-refractivity contribution >= 4 is 11.9 Å². The number of methoxy groups -OCH3 is 3. The van der Waals surface area contributed by atoms with Crippen LogP contribution >= 0.6 is 0 Å². The third-order valence-electron chi connectivity index (χ3n) is 5.60. The molecule has 130 valence electrons. The lowest BCUT2D eigenvalue weighted by atomic mass is 9.67. The molecule has 0 amide bonds. The first-order valence-electron chi connectivity index (χ1n) is 8.18. The number of carbonyl (C=O) groups excluding carboxylic acids is 2. The van der Waals surface area contributed by atoms with Gasteiger partial charge in [-0.05, 0) is 47.8 Å². The maximum absolute atomic E-state index is 12.5. The average Bonchev–Trinajstić information content (AvgIpc) is 2.85. The third kappa shape index (κ3) is 2.14. The summed E-state index contributed by atoms with van der Waals surface area (Å²) in [5.41, 5.74) is 2.14. The van der Waals surface area contributed by atoms with Gasteiger partial charge in [-0.15, -0.1) is 0 Å². The zero-order chi connectivity index (χ0) is 17.7. The first-order valence-corrected chi connectivity index (χ1v) is 8.18. The molecule has 0 saturated heterocycles. The zero-order valence-electron chi connectivity index (χ0n) is 14.9. The largest absolute Gasteiger partial charge is 0.496 e. The fraction of sp³-hybridized carbons (Fsp3) is 0.579. The maximum Gasteiger partial charge on any atom is 0.323 e. The van der Waals surface area contributed by atoms with Crippen LogP contribution in [0.3, 0.4) is 0 Å². The van der Waals surface area contributed by atoms with Gasteiger partial charge in [0.25, 0.3) is 0 Å². The lowest BCUT2D eigenvalue weighted by Crippen LogP contribution is -2.46. The van der Waals surface area contributed by atoms with E-state index in [-0.39, 0.29) is 11.3 Å². The molecule has 1 unspecified atom stereocenters. The molecule has 1 aromatic rings. The Balaban J connectivity index is 2.18. The van der Waals surface area contributed by atoms with E-state index < -0.39 is 17.4 Å². The SMILES string of the molecule is COC(=O)C1(C(=O)OC)Cc2ccc(OC)c3c2C(C1)CC3(C)C. The molecule has 2 aliphatic carbocycles. The summed E-state index contributed by atoms with van der Waals surface area (Å²) in [5, 5.41) is 0. The predicted octanol–water partition coefficient (Wildman–Crippen LogP) is 2.74. The Labute approximate surface area is 142 Å². The highest BCUT2D eigenvalue weighted by Gasteiger charge is 2.56. The van der Waals surface area contributed by atoms with Gasteiger partial charge in [-0.25, -0.2) is 0 Å². The molecule has 0 N–H and O–H groups in total. The standard InChI is InChI=1S/C19H24O5/c1-18(2)8-12-10-19(16(20)23-4,17(21)24-5)9-11-6-7-13(22-3)15(18)14(11)12/h6-7,12H,8-10H2,1-5H3.